The van der Waals surface area contributed by atoms with Gasteiger partial charge in [0.05, 0.1) is 0 Å². The summed E-state index contributed by atoms with van der Waals surface area (Å²) in [6.07, 6.45) is 0. The zero-order valence-electron chi connectivity index (χ0n) is 11.6. The van der Waals surface area contributed by atoms with E-state index in [1.165, 1.54) is 5.56 Å². The third kappa shape index (κ3) is 4.40. The summed E-state index contributed by atoms with van der Waals surface area (Å²) in [4.78, 5) is 11.2. The van der Waals surface area contributed by atoms with Crippen LogP contribution in [0.1, 0.15) is 34.5 Å². The number of benzene rings is 2. The number of rotatable bonds is 5. The number of nitrogens with one attached hydrogen (secondary N) is 1. The Hall–Kier alpha value is -1.17. The topological polar surface area (TPSA) is 55.1 Å². The van der Waals surface area contributed by atoms with Crippen LogP contribution in [-0.4, -0.2) is 5.91 Å². The van der Waals surface area contributed by atoms with Crippen molar-refractivity contribution in [1.29, 1.82) is 0 Å². The average molecular weight is 412 g/mol. The molecule has 110 valence electrons. The minimum Gasteiger partial charge on any atom is -0.366 e. The van der Waals surface area contributed by atoms with Gasteiger partial charge in [0.1, 0.15) is 0 Å². The van der Waals surface area contributed by atoms with Gasteiger partial charge in [0, 0.05) is 27.1 Å². The lowest BCUT2D eigenvalue weighted by Gasteiger charge is -2.16. The molecule has 3 N–H and O–H groups in total. The van der Waals surface area contributed by atoms with Crippen LogP contribution in [0.25, 0.3) is 0 Å². The van der Waals surface area contributed by atoms with Crippen molar-refractivity contribution in [1.82, 2.24) is 5.32 Å². The average Bonchev–Trinajstić information content (AvgIpc) is 2.45. The Bertz CT molecular complexity index is 658. The Balaban J connectivity index is 2.05. The van der Waals surface area contributed by atoms with E-state index in [9.17, 15) is 4.79 Å². The first-order valence-electron chi connectivity index (χ1n) is 6.54. The van der Waals surface area contributed by atoms with Crippen LogP contribution in [0.4, 0.5) is 0 Å². The van der Waals surface area contributed by atoms with Crippen LogP contribution < -0.4 is 11.1 Å². The van der Waals surface area contributed by atoms with E-state index in [1.807, 2.05) is 30.3 Å². The molecule has 0 aliphatic carbocycles. The van der Waals surface area contributed by atoms with Crippen molar-refractivity contribution in [3.8, 4) is 0 Å². The summed E-state index contributed by atoms with van der Waals surface area (Å²) in [6, 6.07) is 13.7. The molecule has 0 heterocycles. The molecule has 3 nitrogen and oxygen atoms in total. The second-order valence-corrected chi connectivity index (χ2v) is 6.60. The van der Waals surface area contributed by atoms with E-state index in [1.54, 1.807) is 6.07 Å². The Labute approximate surface area is 141 Å². The van der Waals surface area contributed by atoms with Gasteiger partial charge in [-0.15, -0.1) is 0 Å². The highest BCUT2D eigenvalue weighted by Crippen LogP contribution is 2.26. The van der Waals surface area contributed by atoms with Gasteiger partial charge < -0.3 is 11.1 Å². The third-order valence-corrected chi connectivity index (χ3v) is 4.43. The summed E-state index contributed by atoms with van der Waals surface area (Å²) >= 11 is 7.02. The number of hydrogen-bond acceptors (Lipinski definition) is 2. The van der Waals surface area contributed by atoms with Crippen LogP contribution in [0.3, 0.4) is 0 Å². The minimum atomic E-state index is -0.402. The van der Waals surface area contributed by atoms with Crippen molar-refractivity contribution >= 4 is 37.8 Å². The van der Waals surface area contributed by atoms with Crippen LogP contribution in [0, 0.1) is 0 Å². The molecule has 5 heteroatoms. The van der Waals surface area contributed by atoms with Crippen LogP contribution in [-0.2, 0) is 6.54 Å². The van der Waals surface area contributed by atoms with Gasteiger partial charge in [-0.05, 0) is 42.3 Å². The first-order chi connectivity index (χ1) is 9.97. The number of nitrogens with two attached hydrogens (primary N) is 1. The fourth-order valence-electron chi connectivity index (χ4n) is 2.07. The minimum absolute atomic E-state index is 0.185. The largest absolute Gasteiger partial charge is 0.366 e. The van der Waals surface area contributed by atoms with Crippen molar-refractivity contribution in [3.63, 3.8) is 0 Å². The van der Waals surface area contributed by atoms with E-state index in [-0.39, 0.29) is 6.04 Å². The molecule has 1 amide bonds. The molecule has 2 rings (SSSR count). The van der Waals surface area contributed by atoms with E-state index in [0.29, 0.717) is 12.1 Å². The van der Waals surface area contributed by atoms with Gasteiger partial charge in [0.15, 0.2) is 0 Å². The summed E-state index contributed by atoms with van der Waals surface area (Å²) in [7, 11) is 0. The maximum absolute atomic E-state index is 11.2. The molecule has 0 bridgehead atoms. The van der Waals surface area contributed by atoms with E-state index >= 15 is 0 Å². The molecule has 0 radical (unpaired) electrons. The number of carbonyl (C=O) groups is 1. The van der Waals surface area contributed by atoms with E-state index in [4.69, 9.17) is 5.73 Å². The molecule has 0 saturated carbocycles. The normalized spacial score (nSPS) is 12.1. The van der Waals surface area contributed by atoms with E-state index in [0.717, 1.165) is 14.5 Å². The lowest BCUT2D eigenvalue weighted by Crippen LogP contribution is -2.19. The summed E-state index contributed by atoms with van der Waals surface area (Å²) in [5, 5.41) is 3.44. The Kier molecular flexibility index (Phi) is 5.56. The van der Waals surface area contributed by atoms with Gasteiger partial charge in [-0.1, -0.05) is 50.1 Å². The van der Waals surface area contributed by atoms with Crippen LogP contribution in [0.5, 0.6) is 0 Å². The van der Waals surface area contributed by atoms with Crippen molar-refractivity contribution in [2.45, 2.75) is 19.5 Å². The highest BCUT2D eigenvalue weighted by atomic mass is 79.9. The van der Waals surface area contributed by atoms with Gasteiger partial charge in [-0.3, -0.25) is 4.79 Å². The van der Waals surface area contributed by atoms with Gasteiger partial charge in [-0.25, -0.2) is 0 Å². The first-order valence-corrected chi connectivity index (χ1v) is 8.13. The lowest BCUT2D eigenvalue weighted by molar-refractivity contribution is 0.1000. The zero-order valence-corrected chi connectivity index (χ0v) is 14.7. The maximum atomic E-state index is 11.2. The van der Waals surface area contributed by atoms with Crippen molar-refractivity contribution in [2.75, 3.05) is 0 Å². The van der Waals surface area contributed by atoms with Gasteiger partial charge in [0.25, 0.3) is 0 Å². The number of primary amides is 1. The predicted octanol–water partition coefficient (Wildman–Crippen LogP) is 4.16. The zero-order chi connectivity index (χ0) is 15.4. The van der Waals surface area contributed by atoms with Gasteiger partial charge in [0.2, 0.25) is 5.91 Å². The highest BCUT2D eigenvalue weighted by molar-refractivity contribution is 9.11. The number of carbonyl (C=O) groups excluding carboxylic acids is 1. The molecule has 0 fully saturated rings. The van der Waals surface area contributed by atoms with Gasteiger partial charge >= 0.3 is 0 Å². The second kappa shape index (κ2) is 7.20. The van der Waals surface area contributed by atoms with Crippen molar-refractivity contribution in [2.24, 2.45) is 5.73 Å². The Morgan fingerprint density at radius 1 is 1.24 bits per heavy atom. The van der Waals surface area contributed by atoms with Crippen LogP contribution in [0.15, 0.2) is 51.4 Å². The molecular formula is C16H16Br2N2O. The maximum Gasteiger partial charge on any atom is 0.248 e. The number of halogens is 2. The number of amides is 1. The fraction of sp³-hybridized carbons (Fsp3) is 0.188. The Morgan fingerprint density at radius 3 is 2.67 bits per heavy atom. The summed E-state index contributed by atoms with van der Waals surface area (Å²) in [6.45, 7) is 2.77. The standard InChI is InChI=1S/C16H16Br2N2O/c1-10(14-6-5-13(17)8-15(14)18)20-9-11-3-2-4-12(7-11)16(19)21/h2-8,10,20H,9H2,1H3,(H2,19,21). The van der Waals surface area contributed by atoms with Gasteiger partial charge in [-0.2, -0.15) is 0 Å². The first kappa shape index (κ1) is 16.2. The molecule has 0 spiro atoms. The predicted molar refractivity (Wildman–Crippen MR) is 92.1 cm³/mol. The van der Waals surface area contributed by atoms with E-state index in [2.05, 4.69) is 50.2 Å². The second-order valence-electron chi connectivity index (χ2n) is 4.83. The van der Waals surface area contributed by atoms with Crippen LogP contribution >= 0.6 is 31.9 Å². The SMILES string of the molecule is CC(NCc1cccc(C(N)=O)c1)c1ccc(Br)cc1Br. The molecule has 21 heavy (non-hydrogen) atoms. The summed E-state index contributed by atoms with van der Waals surface area (Å²) in [5.41, 5.74) is 8.05. The number of hydrogen-bond donors (Lipinski definition) is 2. The molecule has 0 aliphatic rings. The molecular weight excluding hydrogens is 396 g/mol. The quantitative estimate of drug-likeness (QED) is 0.775. The summed E-state index contributed by atoms with van der Waals surface area (Å²) in [5.74, 6) is -0.402. The smallest absolute Gasteiger partial charge is 0.248 e. The molecule has 0 aliphatic heterocycles. The van der Waals surface area contributed by atoms with Crippen LogP contribution in [0.2, 0.25) is 0 Å². The van der Waals surface area contributed by atoms with E-state index < -0.39 is 5.91 Å². The monoisotopic (exact) mass is 410 g/mol. The van der Waals surface area contributed by atoms with Crippen molar-refractivity contribution < 1.29 is 4.79 Å². The summed E-state index contributed by atoms with van der Waals surface area (Å²) < 4.78 is 2.10. The van der Waals surface area contributed by atoms with Crippen molar-refractivity contribution in [3.05, 3.63) is 68.1 Å². The highest BCUT2D eigenvalue weighted by Gasteiger charge is 2.09. The molecule has 0 aromatic heterocycles. The molecule has 0 saturated heterocycles. The molecule has 1 unspecified atom stereocenters. The molecule has 2 aromatic rings. The fourth-order valence-corrected chi connectivity index (χ4v) is 3.46. The Morgan fingerprint density at radius 2 is 2.00 bits per heavy atom. The molecule has 1 atom stereocenters. The molecule has 2 aromatic carbocycles. The lowest BCUT2D eigenvalue weighted by atomic mass is 10.1. The third-order valence-electron chi connectivity index (χ3n) is 3.25.